The molecular weight excluding hydrogens is 410 g/mol. The van der Waals surface area contributed by atoms with Gasteiger partial charge in [-0.1, -0.05) is 63.4 Å². The Bertz CT molecular complexity index is 893. The molecule has 2 nitrogen and oxygen atoms in total. The topological polar surface area (TPSA) is 21.3 Å². The number of ether oxygens (including phenoxy) is 1. The summed E-state index contributed by atoms with van der Waals surface area (Å²) in [6.45, 7) is 5.38. The number of benzene rings is 3. The van der Waals surface area contributed by atoms with Gasteiger partial charge in [0.05, 0.1) is 5.02 Å². The zero-order valence-electron chi connectivity index (χ0n) is 14.9. The van der Waals surface area contributed by atoms with E-state index in [4.69, 9.17) is 16.3 Å². The third-order valence-corrected chi connectivity index (χ3v) is 4.97. The molecular formula is C22H21BrClNO. The molecule has 26 heavy (non-hydrogen) atoms. The number of aryl methyl sites for hydroxylation is 2. The van der Waals surface area contributed by atoms with Gasteiger partial charge in [0.25, 0.3) is 0 Å². The van der Waals surface area contributed by atoms with Crippen molar-refractivity contribution in [1.29, 1.82) is 0 Å². The first-order chi connectivity index (χ1) is 12.5. The van der Waals surface area contributed by atoms with Crippen LogP contribution in [0, 0.1) is 13.8 Å². The van der Waals surface area contributed by atoms with Gasteiger partial charge < -0.3 is 10.1 Å². The maximum absolute atomic E-state index is 6.40. The zero-order valence-corrected chi connectivity index (χ0v) is 17.2. The van der Waals surface area contributed by atoms with Crippen molar-refractivity contribution in [1.82, 2.24) is 0 Å². The molecule has 3 aromatic carbocycles. The molecule has 0 fully saturated rings. The minimum absolute atomic E-state index is 0.510. The summed E-state index contributed by atoms with van der Waals surface area (Å²) in [5, 5.41) is 4.07. The van der Waals surface area contributed by atoms with E-state index >= 15 is 0 Å². The Labute approximate surface area is 168 Å². The third kappa shape index (κ3) is 5.03. The predicted octanol–water partition coefficient (Wildman–Crippen LogP) is 6.91. The van der Waals surface area contributed by atoms with Crippen molar-refractivity contribution in [3.63, 3.8) is 0 Å². The molecule has 0 aliphatic heterocycles. The summed E-state index contributed by atoms with van der Waals surface area (Å²) in [7, 11) is 0. The van der Waals surface area contributed by atoms with Gasteiger partial charge in [0.1, 0.15) is 12.4 Å². The lowest BCUT2D eigenvalue weighted by Gasteiger charge is -2.12. The SMILES string of the molecule is Cc1ccc(COc2ccc(CNc3ccc(Br)cc3C)cc2Cl)cc1. The minimum atomic E-state index is 0.510. The molecule has 0 bridgehead atoms. The lowest BCUT2D eigenvalue weighted by molar-refractivity contribution is 0.306. The van der Waals surface area contributed by atoms with Crippen molar-refractivity contribution in [2.75, 3.05) is 5.32 Å². The molecule has 0 aliphatic carbocycles. The van der Waals surface area contributed by atoms with Crippen LogP contribution in [0.1, 0.15) is 22.3 Å². The van der Waals surface area contributed by atoms with Crippen LogP contribution in [0.4, 0.5) is 5.69 Å². The first kappa shape index (κ1) is 18.8. The molecule has 0 spiro atoms. The average Bonchev–Trinajstić information content (AvgIpc) is 2.61. The van der Waals surface area contributed by atoms with Gasteiger partial charge in [-0.15, -0.1) is 0 Å². The summed E-state index contributed by atoms with van der Waals surface area (Å²) >= 11 is 9.88. The average molecular weight is 431 g/mol. The number of hydrogen-bond acceptors (Lipinski definition) is 2. The lowest BCUT2D eigenvalue weighted by atomic mass is 10.1. The molecule has 3 rings (SSSR count). The monoisotopic (exact) mass is 429 g/mol. The highest BCUT2D eigenvalue weighted by molar-refractivity contribution is 9.10. The Hall–Kier alpha value is -1.97. The fourth-order valence-corrected chi connectivity index (χ4v) is 3.37. The highest BCUT2D eigenvalue weighted by atomic mass is 79.9. The quantitative estimate of drug-likeness (QED) is 0.458. The van der Waals surface area contributed by atoms with Crippen LogP contribution in [0.15, 0.2) is 65.1 Å². The molecule has 4 heteroatoms. The van der Waals surface area contributed by atoms with Gasteiger partial charge in [0.2, 0.25) is 0 Å². The van der Waals surface area contributed by atoms with E-state index in [-0.39, 0.29) is 0 Å². The molecule has 0 amide bonds. The fraction of sp³-hybridized carbons (Fsp3) is 0.182. The lowest BCUT2D eigenvalue weighted by Crippen LogP contribution is -2.02. The van der Waals surface area contributed by atoms with Gasteiger partial charge >= 0.3 is 0 Å². The Morgan fingerprint density at radius 3 is 2.35 bits per heavy atom. The van der Waals surface area contributed by atoms with Crippen molar-refractivity contribution in [2.24, 2.45) is 0 Å². The highest BCUT2D eigenvalue weighted by Gasteiger charge is 2.05. The van der Waals surface area contributed by atoms with Gasteiger partial charge in [-0.25, -0.2) is 0 Å². The molecule has 0 unspecified atom stereocenters. The summed E-state index contributed by atoms with van der Waals surface area (Å²) in [5.41, 5.74) is 5.79. The first-order valence-electron chi connectivity index (χ1n) is 8.48. The Kier molecular flexibility index (Phi) is 6.23. The smallest absolute Gasteiger partial charge is 0.138 e. The van der Waals surface area contributed by atoms with Crippen molar-refractivity contribution in [3.05, 3.63) is 92.4 Å². The van der Waals surface area contributed by atoms with E-state index in [1.807, 2.05) is 24.3 Å². The zero-order chi connectivity index (χ0) is 18.5. The van der Waals surface area contributed by atoms with Gasteiger partial charge in [0, 0.05) is 16.7 Å². The van der Waals surface area contributed by atoms with E-state index < -0.39 is 0 Å². The molecule has 0 radical (unpaired) electrons. The van der Waals surface area contributed by atoms with Crippen LogP contribution in [0.25, 0.3) is 0 Å². The van der Waals surface area contributed by atoms with E-state index in [0.29, 0.717) is 23.9 Å². The molecule has 0 saturated carbocycles. The molecule has 0 saturated heterocycles. The summed E-state index contributed by atoms with van der Waals surface area (Å²) in [6, 6.07) is 20.4. The van der Waals surface area contributed by atoms with Crippen LogP contribution in [-0.2, 0) is 13.2 Å². The molecule has 0 heterocycles. The molecule has 1 N–H and O–H groups in total. The van der Waals surface area contributed by atoms with Crippen LogP contribution in [0.3, 0.4) is 0 Å². The highest BCUT2D eigenvalue weighted by Crippen LogP contribution is 2.27. The molecule has 0 aliphatic rings. The van der Waals surface area contributed by atoms with Crippen molar-refractivity contribution < 1.29 is 4.74 Å². The van der Waals surface area contributed by atoms with Crippen LogP contribution in [-0.4, -0.2) is 0 Å². The second-order valence-electron chi connectivity index (χ2n) is 6.35. The van der Waals surface area contributed by atoms with E-state index in [1.165, 1.54) is 11.1 Å². The largest absolute Gasteiger partial charge is 0.487 e. The number of nitrogens with one attached hydrogen (secondary N) is 1. The van der Waals surface area contributed by atoms with Crippen molar-refractivity contribution >= 4 is 33.2 Å². The fourth-order valence-electron chi connectivity index (χ4n) is 2.64. The van der Waals surface area contributed by atoms with Gasteiger partial charge in [0.15, 0.2) is 0 Å². The van der Waals surface area contributed by atoms with Gasteiger partial charge in [-0.3, -0.25) is 0 Å². The summed E-state index contributed by atoms with van der Waals surface area (Å²) in [6.07, 6.45) is 0. The first-order valence-corrected chi connectivity index (χ1v) is 9.65. The van der Waals surface area contributed by atoms with Crippen LogP contribution < -0.4 is 10.1 Å². The normalized spacial score (nSPS) is 10.6. The van der Waals surface area contributed by atoms with Crippen LogP contribution in [0.5, 0.6) is 5.75 Å². The Morgan fingerprint density at radius 2 is 1.65 bits per heavy atom. The van der Waals surface area contributed by atoms with Crippen LogP contribution >= 0.6 is 27.5 Å². The van der Waals surface area contributed by atoms with Gasteiger partial charge in [-0.2, -0.15) is 0 Å². The minimum Gasteiger partial charge on any atom is -0.487 e. The van der Waals surface area contributed by atoms with E-state index in [2.05, 4.69) is 71.5 Å². The Balaban J connectivity index is 1.60. The number of anilines is 1. The second-order valence-corrected chi connectivity index (χ2v) is 7.67. The van der Waals surface area contributed by atoms with Crippen molar-refractivity contribution in [3.8, 4) is 5.75 Å². The number of halogens is 2. The number of rotatable bonds is 6. The van der Waals surface area contributed by atoms with E-state index in [0.717, 1.165) is 21.3 Å². The third-order valence-electron chi connectivity index (χ3n) is 4.18. The maximum atomic E-state index is 6.40. The molecule has 0 aromatic heterocycles. The van der Waals surface area contributed by atoms with Gasteiger partial charge in [-0.05, 0) is 60.9 Å². The molecule has 3 aromatic rings. The van der Waals surface area contributed by atoms with E-state index in [9.17, 15) is 0 Å². The summed E-state index contributed by atoms with van der Waals surface area (Å²) in [4.78, 5) is 0. The Morgan fingerprint density at radius 1 is 0.923 bits per heavy atom. The van der Waals surface area contributed by atoms with Crippen molar-refractivity contribution in [2.45, 2.75) is 27.0 Å². The molecule has 0 atom stereocenters. The van der Waals surface area contributed by atoms with E-state index in [1.54, 1.807) is 0 Å². The molecule has 134 valence electrons. The van der Waals surface area contributed by atoms with Crippen LogP contribution in [0.2, 0.25) is 5.02 Å². The standard InChI is InChI=1S/C22H21BrClNO/c1-15-3-5-17(6-4-15)14-26-22-10-7-18(12-20(22)24)13-25-21-9-8-19(23)11-16(21)2/h3-12,25H,13-14H2,1-2H3. The summed E-state index contributed by atoms with van der Waals surface area (Å²) in [5.74, 6) is 0.704. The number of hydrogen-bond donors (Lipinski definition) is 1. The predicted molar refractivity (Wildman–Crippen MR) is 113 cm³/mol. The maximum Gasteiger partial charge on any atom is 0.138 e. The summed E-state index contributed by atoms with van der Waals surface area (Å²) < 4.78 is 6.94. The second kappa shape index (κ2) is 8.61.